The minimum Gasteiger partial charge on any atom is -0.306 e. The maximum absolute atomic E-state index is 6.25. The van der Waals surface area contributed by atoms with Gasteiger partial charge in [0.05, 0.1) is 10.0 Å². The fourth-order valence-electron chi connectivity index (χ4n) is 3.55. The third-order valence-corrected chi connectivity index (χ3v) is 5.44. The molecule has 1 aromatic carbocycles. The molecule has 112 valence electrons. The van der Waals surface area contributed by atoms with Crippen molar-refractivity contribution in [2.45, 2.75) is 51.0 Å². The predicted molar refractivity (Wildman–Crippen MR) is 88.9 cm³/mol. The molecule has 1 fully saturated rings. The molecular weight excluding hydrogens is 289 g/mol. The van der Waals surface area contributed by atoms with E-state index in [9.17, 15) is 0 Å². The smallest absolute Gasteiger partial charge is 0.0595 e. The average Bonchev–Trinajstić information content (AvgIpc) is 2.30. The number of halogens is 2. The van der Waals surface area contributed by atoms with E-state index in [0.717, 1.165) is 0 Å². The van der Waals surface area contributed by atoms with Gasteiger partial charge in [0.15, 0.2) is 0 Å². The zero-order chi connectivity index (χ0) is 14.9. The van der Waals surface area contributed by atoms with Gasteiger partial charge in [0.2, 0.25) is 0 Å². The van der Waals surface area contributed by atoms with Crippen LogP contribution in [0.4, 0.5) is 0 Å². The largest absolute Gasteiger partial charge is 0.306 e. The van der Waals surface area contributed by atoms with E-state index < -0.39 is 0 Å². The molecule has 1 nitrogen and oxygen atoms in total. The van der Waals surface area contributed by atoms with Gasteiger partial charge in [-0.25, -0.2) is 0 Å². The molecule has 1 atom stereocenters. The molecule has 1 saturated carbocycles. The second-order valence-corrected chi connectivity index (χ2v) is 7.56. The molecule has 1 aromatic rings. The van der Waals surface area contributed by atoms with Crippen LogP contribution in [0, 0.1) is 5.92 Å². The SMILES string of the molecule is CC(C)C[C@@H](N(C)C)C1(c2ccc(Cl)c(Cl)c2)CCC1. The molecule has 20 heavy (non-hydrogen) atoms. The third kappa shape index (κ3) is 3.00. The van der Waals surface area contributed by atoms with Crippen LogP contribution in [0.25, 0.3) is 0 Å². The molecule has 3 heteroatoms. The van der Waals surface area contributed by atoms with Crippen LogP contribution in [0.2, 0.25) is 10.0 Å². The summed E-state index contributed by atoms with van der Waals surface area (Å²) in [7, 11) is 4.40. The zero-order valence-corrected chi connectivity index (χ0v) is 14.4. The summed E-state index contributed by atoms with van der Waals surface area (Å²) in [6.45, 7) is 4.61. The number of hydrogen-bond acceptors (Lipinski definition) is 1. The lowest BCUT2D eigenvalue weighted by Crippen LogP contribution is -2.52. The Morgan fingerprint density at radius 1 is 1.15 bits per heavy atom. The minimum atomic E-state index is 0.252. The van der Waals surface area contributed by atoms with E-state index >= 15 is 0 Å². The van der Waals surface area contributed by atoms with Crippen molar-refractivity contribution in [3.8, 4) is 0 Å². The highest BCUT2D eigenvalue weighted by Gasteiger charge is 2.46. The van der Waals surface area contributed by atoms with Crippen molar-refractivity contribution in [3.63, 3.8) is 0 Å². The molecule has 1 aliphatic carbocycles. The maximum atomic E-state index is 6.25. The fraction of sp³-hybridized carbons (Fsp3) is 0.647. The Morgan fingerprint density at radius 3 is 2.20 bits per heavy atom. The van der Waals surface area contributed by atoms with Gasteiger partial charge < -0.3 is 4.90 Å². The summed E-state index contributed by atoms with van der Waals surface area (Å²) in [5.74, 6) is 0.697. The van der Waals surface area contributed by atoms with Crippen LogP contribution in [-0.4, -0.2) is 25.0 Å². The summed E-state index contributed by atoms with van der Waals surface area (Å²) >= 11 is 12.3. The number of rotatable bonds is 5. The molecule has 2 rings (SSSR count). The Hall–Kier alpha value is -0.240. The van der Waals surface area contributed by atoms with Gasteiger partial charge in [0.1, 0.15) is 0 Å². The van der Waals surface area contributed by atoms with Crippen LogP contribution in [0.1, 0.15) is 45.1 Å². The Labute approximate surface area is 133 Å². The lowest BCUT2D eigenvalue weighted by molar-refractivity contribution is 0.0808. The van der Waals surface area contributed by atoms with E-state index in [4.69, 9.17) is 23.2 Å². The molecule has 0 bridgehead atoms. The van der Waals surface area contributed by atoms with Gasteiger partial charge in [-0.3, -0.25) is 0 Å². The van der Waals surface area contributed by atoms with Crippen LogP contribution in [0.3, 0.4) is 0 Å². The first-order valence-electron chi connectivity index (χ1n) is 7.49. The van der Waals surface area contributed by atoms with Crippen molar-refractivity contribution in [2.75, 3.05) is 14.1 Å². The van der Waals surface area contributed by atoms with E-state index in [1.54, 1.807) is 0 Å². The van der Waals surface area contributed by atoms with E-state index in [2.05, 4.69) is 45.0 Å². The molecule has 0 aromatic heterocycles. The summed E-state index contributed by atoms with van der Waals surface area (Å²) in [6, 6.07) is 6.76. The summed E-state index contributed by atoms with van der Waals surface area (Å²) < 4.78 is 0. The summed E-state index contributed by atoms with van der Waals surface area (Å²) in [6.07, 6.45) is 5.02. The molecule has 0 amide bonds. The second kappa shape index (κ2) is 6.25. The second-order valence-electron chi connectivity index (χ2n) is 6.75. The first-order valence-corrected chi connectivity index (χ1v) is 8.24. The Kier molecular flexibility index (Phi) is 5.05. The van der Waals surface area contributed by atoms with Crippen molar-refractivity contribution >= 4 is 23.2 Å². The summed E-state index contributed by atoms with van der Waals surface area (Å²) in [5.41, 5.74) is 1.61. The molecule has 0 spiro atoms. The first kappa shape index (κ1) is 16.1. The maximum Gasteiger partial charge on any atom is 0.0595 e. The first-order chi connectivity index (χ1) is 9.36. The fourth-order valence-corrected chi connectivity index (χ4v) is 3.85. The van der Waals surface area contributed by atoms with Crippen LogP contribution < -0.4 is 0 Å². The van der Waals surface area contributed by atoms with Gasteiger partial charge in [-0.1, -0.05) is 49.5 Å². The molecule has 0 saturated heterocycles. The Balaban J connectivity index is 2.38. The van der Waals surface area contributed by atoms with Crippen molar-refractivity contribution < 1.29 is 0 Å². The van der Waals surface area contributed by atoms with Crippen LogP contribution in [0.15, 0.2) is 18.2 Å². The molecule has 0 N–H and O–H groups in total. The zero-order valence-electron chi connectivity index (χ0n) is 12.9. The average molecular weight is 314 g/mol. The molecule has 0 unspecified atom stereocenters. The van der Waals surface area contributed by atoms with E-state index in [-0.39, 0.29) is 5.41 Å². The molecule has 1 aliphatic rings. The van der Waals surface area contributed by atoms with Gasteiger partial charge in [-0.15, -0.1) is 0 Å². The van der Waals surface area contributed by atoms with Crippen LogP contribution in [-0.2, 0) is 5.41 Å². The van der Waals surface area contributed by atoms with Crippen LogP contribution in [0.5, 0.6) is 0 Å². The van der Waals surface area contributed by atoms with Gasteiger partial charge in [-0.05, 0) is 57.0 Å². The number of benzene rings is 1. The van der Waals surface area contributed by atoms with Gasteiger partial charge in [-0.2, -0.15) is 0 Å². The number of nitrogens with zero attached hydrogens (tertiary/aromatic N) is 1. The van der Waals surface area contributed by atoms with Crippen molar-refractivity contribution in [3.05, 3.63) is 33.8 Å². The highest BCUT2D eigenvalue weighted by Crippen LogP contribution is 2.50. The monoisotopic (exact) mass is 313 g/mol. The van der Waals surface area contributed by atoms with Crippen molar-refractivity contribution in [2.24, 2.45) is 5.92 Å². The molecule has 0 aliphatic heterocycles. The standard InChI is InChI=1S/C17H25Cl2N/c1-12(2)10-16(20(3)4)17(8-5-9-17)13-6-7-14(18)15(19)11-13/h6-7,11-12,16H,5,8-10H2,1-4H3/t16-/m1/s1. The quantitative estimate of drug-likeness (QED) is 0.704. The predicted octanol–water partition coefficient (Wildman–Crippen LogP) is 5.39. The molecule has 0 heterocycles. The Bertz CT molecular complexity index is 464. The summed E-state index contributed by atoms with van der Waals surface area (Å²) in [5, 5.41) is 1.33. The number of hydrogen-bond donors (Lipinski definition) is 0. The van der Waals surface area contributed by atoms with Gasteiger partial charge in [0.25, 0.3) is 0 Å². The Morgan fingerprint density at radius 2 is 1.80 bits per heavy atom. The highest BCUT2D eigenvalue weighted by molar-refractivity contribution is 6.42. The lowest BCUT2D eigenvalue weighted by atomic mass is 9.58. The normalized spacial score (nSPS) is 19.2. The van der Waals surface area contributed by atoms with E-state index in [1.807, 2.05) is 6.07 Å². The van der Waals surface area contributed by atoms with Crippen molar-refractivity contribution in [1.29, 1.82) is 0 Å². The molecular formula is C17H25Cl2N. The van der Waals surface area contributed by atoms with E-state index in [0.29, 0.717) is 22.0 Å². The van der Waals surface area contributed by atoms with Crippen LogP contribution >= 0.6 is 23.2 Å². The van der Waals surface area contributed by atoms with Gasteiger partial charge in [0, 0.05) is 11.5 Å². The third-order valence-electron chi connectivity index (χ3n) is 4.70. The number of likely N-dealkylation sites (N-methyl/N-ethyl adjacent to an activating group) is 1. The molecule has 0 radical (unpaired) electrons. The van der Waals surface area contributed by atoms with Crippen molar-refractivity contribution in [1.82, 2.24) is 4.90 Å². The van der Waals surface area contributed by atoms with E-state index in [1.165, 1.54) is 31.2 Å². The minimum absolute atomic E-state index is 0.252. The van der Waals surface area contributed by atoms with Gasteiger partial charge >= 0.3 is 0 Å². The topological polar surface area (TPSA) is 3.24 Å². The summed E-state index contributed by atoms with van der Waals surface area (Å²) in [4.78, 5) is 2.39. The lowest BCUT2D eigenvalue weighted by Gasteiger charge is -2.51. The highest BCUT2D eigenvalue weighted by atomic mass is 35.5.